The molecule has 1 fully saturated rings. The molecule has 1 aliphatic rings. The largest absolute Gasteiger partial charge is 0.354 e. The molecule has 1 aromatic carbocycles. The fourth-order valence-corrected chi connectivity index (χ4v) is 3.22. The second-order valence-corrected chi connectivity index (χ2v) is 7.29. The van der Waals surface area contributed by atoms with E-state index < -0.39 is 0 Å². The van der Waals surface area contributed by atoms with Crippen molar-refractivity contribution in [1.82, 2.24) is 15.2 Å². The number of hydrogen-bond donors (Lipinski definition) is 1. The molecule has 0 aliphatic carbocycles. The van der Waals surface area contributed by atoms with Crippen LogP contribution >= 0.6 is 27.5 Å². The summed E-state index contributed by atoms with van der Waals surface area (Å²) in [6.45, 7) is 4.29. The van der Waals surface area contributed by atoms with Crippen LogP contribution in [0.1, 0.15) is 5.56 Å². The van der Waals surface area contributed by atoms with Gasteiger partial charge in [-0.3, -0.25) is 9.69 Å². The lowest BCUT2D eigenvalue weighted by Gasteiger charge is -2.35. The van der Waals surface area contributed by atoms with Crippen molar-refractivity contribution in [3.63, 3.8) is 0 Å². The van der Waals surface area contributed by atoms with E-state index in [1.807, 2.05) is 42.6 Å². The van der Waals surface area contributed by atoms with Crippen LogP contribution in [0.3, 0.4) is 0 Å². The summed E-state index contributed by atoms with van der Waals surface area (Å²) in [6, 6.07) is 11.6. The maximum atomic E-state index is 12.2. The van der Waals surface area contributed by atoms with Gasteiger partial charge in [-0.2, -0.15) is 0 Å². The zero-order valence-electron chi connectivity index (χ0n) is 13.8. The Balaban J connectivity index is 1.43. The van der Waals surface area contributed by atoms with Gasteiger partial charge in [0.05, 0.1) is 6.54 Å². The number of carbonyl (C=O) groups is 1. The Kier molecular flexibility index (Phi) is 6.29. The summed E-state index contributed by atoms with van der Waals surface area (Å²) >= 11 is 9.51. The number of anilines is 1. The molecule has 0 saturated carbocycles. The SMILES string of the molecule is O=C(CN1CCN(c2ccc(Br)cn2)CC1)NCc1ccccc1Cl. The quantitative estimate of drug-likeness (QED) is 0.803. The minimum Gasteiger partial charge on any atom is -0.354 e. The highest BCUT2D eigenvalue weighted by Crippen LogP contribution is 2.17. The fraction of sp³-hybridized carbons (Fsp3) is 0.333. The summed E-state index contributed by atoms with van der Waals surface area (Å²) in [7, 11) is 0. The lowest BCUT2D eigenvalue weighted by molar-refractivity contribution is -0.122. The van der Waals surface area contributed by atoms with Gasteiger partial charge < -0.3 is 10.2 Å². The van der Waals surface area contributed by atoms with Gasteiger partial charge in [-0.05, 0) is 39.7 Å². The van der Waals surface area contributed by atoms with Crippen molar-refractivity contribution in [2.45, 2.75) is 6.54 Å². The lowest BCUT2D eigenvalue weighted by atomic mass is 10.2. The molecule has 7 heteroatoms. The first kappa shape index (κ1) is 18.2. The van der Waals surface area contributed by atoms with Crippen LogP contribution in [0.15, 0.2) is 47.1 Å². The molecule has 0 radical (unpaired) electrons. The van der Waals surface area contributed by atoms with Gasteiger partial charge >= 0.3 is 0 Å². The number of benzene rings is 1. The van der Waals surface area contributed by atoms with Crippen molar-refractivity contribution in [2.75, 3.05) is 37.6 Å². The Labute approximate surface area is 161 Å². The number of amides is 1. The van der Waals surface area contributed by atoms with E-state index in [1.54, 1.807) is 0 Å². The predicted molar refractivity (Wildman–Crippen MR) is 104 cm³/mol. The van der Waals surface area contributed by atoms with Crippen LogP contribution in [0.5, 0.6) is 0 Å². The van der Waals surface area contributed by atoms with Crippen LogP contribution in [-0.4, -0.2) is 48.5 Å². The van der Waals surface area contributed by atoms with Crippen molar-refractivity contribution in [3.8, 4) is 0 Å². The minimum absolute atomic E-state index is 0.0233. The lowest BCUT2D eigenvalue weighted by Crippen LogP contribution is -2.49. The average Bonchev–Trinajstić information content (AvgIpc) is 2.62. The molecule has 0 bridgehead atoms. The molecule has 3 rings (SSSR count). The standard InChI is InChI=1S/C18H20BrClN4O/c19-15-5-6-17(21-12-15)24-9-7-23(8-10-24)13-18(25)22-11-14-3-1-2-4-16(14)20/h1-6,12H,7-11,13H2,(H,22,25). The summed E-state index contributed by atoms with van der Waals surface area (Å²) in [5, 5.41) is 3.62. The predicted octanol–water partition coefficient (Wildman–Crippen LogP) is 2.94. The number of hydrogen-bond acceptors (Lipinski definition) is 4. The van der Waals surface area contributed by atoms with Gasteiger partial charge in [0.2, 0.25) is 5.91 Å². The van der Waals surface area contributed by atoms with Gasteiger partial charge in [0.15, 0.2) is 0 Å². The molecule has 1 aromatic heterocycles. The zero-order chi connectivity index (χ0) is 17.6. The Morgan fingerprint density at radius 1 is 1.16 bits per heavy atom. The highest BCUT2D eigenvalue weighted by Gasteiger charge is 2.19. The molecule has 1 amide bonds. The first-order valence-electron chi connectivity index (χ1n) is 8.21. The van der Waals surface area contributed by atoms with E-state index in [4.69, 9.17) is 11.6 Å². The summed E-state index contributed by atoms with van der Waals surface area (Å²) in [4.78, 5) is 21.0. The molecule has 5 nitrogen and oxygen atoms in total. The third-order valence-corrected chi connectivity index (χ3v) is 5.05. The van der Waals surface area contributed by atoms with E-state index in [0.717, 1.165) is 42.0 Å². The summed E-state index contributed by atoms with van der Waals surface area (Å²) < 4.78 is 0.977. The van der Waals surface area contributed by atoms with Gasteiger partial charge in [0.25, 0.3) is 0 Å². The number of halogens is 2. The van der Waals surface area contributed by atoms with E-state index >= 15 is 0 Å². The average molecular weight is 424 g/mol. The number of nitrogens with one attached hydrogen (secondary N) is 1. The van der Waals surface area contributed by atoms with Crippen LogP contribution in [0.2, 0.25) is 5.02 Å². The molecule has 1 aliphatic heterocycles. The second kappa shape index (κ2) is 8.65. The molecular weight excluding hydrogens is 404 g/mol. The molecule has 1 N–H and O–H groups in total. The zero-order valence-corrected chi connectivity index (χ0v) is 16.1. The fourth-order valence-electron chi connectivity index (χ4n) is 2.78. The number of aromatic nitrogens is 1. The van der Waals surface area contributed by atoms with E-state index in [2.05, 4.69) is 36.0 Å². The van der Waals surface area contributed by atoms with E-state index in [-0.39, 0.29) is 5.91 Å². The molecule has 132 valence electrons. The molecule has 0 atom stereocenters. The summed E-state index contributed by atoms with van der Waals surface area (Å²) in [6.07, 6.45) is 1.81. The monoisotopic (exact) mass is 422 g/mol. The van der Waals surface area contributed by atoms with Gasteiger partial charge in [-0.1, -0.05) is 29.8 Å². The minimum atomic E-state index is 0.0233. The molecule has 1 saturated heterocycles. The van der Waals surface area contributed by atoms with E-state index in [0.29, 0.717) is 18.1 Å². The molecule has 2 heterocycles. The van der Waals surface area contributed by atoms with Crippen LogP contribution < -0.4 is 10.2 Å². The van der Waals surface area contributed by atoms with Gasteiger partial charge in [-0.15, -0.1) is 0 Å². The summed E-state index contributed by atoms with van der Waals surface area (Å²) in [5.41, 5.74) is 0.934. The van der Waals surface area contributed by atoms with Crippen molar-refractivity contribution >= 4 is 39.3 Å². The van der Waals surface area contributed by atoms with Crippen molar-refractivity contribution < 1.29 is 4.79 Å². The Hall–Kier alpha value is -1.63. The number of rotatable bonds is 5. The molecule has 0 spiro atoms. The summed E-state index contributed by atoms with van der Waals surface area (Å²) in [5.74, 6) is 1.00. The maximum absolute atomic E-state index is 12.2. The van der Waals surface area contributed by atoms with Crippen LogP contribution in [0.4, 0.5) is 5.82 Å². The normalized spacial score (nSPS) is 15.2. The number of piperazine rings is 1. The topological polar surface area (TPSA) is 48.5 Å². The third kappa shape index (κ3) is 5.17. The molecule has 25 heavy (non-hydrogen) atoms. The maximum Gasteiger partial charge on any atom is 0.234 e. The molecule has 2 aromatic rings. The van der Waals surface area contributed by atoms with Crippen molar-refractivity contribution in [1.29, 1.82) is 0 Å². The van der Waals surface area contributed by atoms with E-state index in [1.165, 1.54) is 0 Å². The van der Waals surface area contributed by atoms with Gasteiger partial charge in [-0.25, -0.2) is 4.98 Å². The first-order chi connectivity index (χ1) is 12.1. The Bertz CT molecular complexity index is 717. The highest BCUT2D eigenvalue weighted by atomic mass is 79.9. The van der Waals surface area contributed by atoms with Crippen molar-refractivity contribution in [2.24, 2.45) is 0 Å². The van der Waals surface area contributed by atoms with E-state index in [9.17, 15) is 4.79 Å². The van der Waals surface area contributed by atoms with Gasteiger partial charge in [0, 0.05) is 48.4 Å². The highest BCUT2D eigenvalue weighted by molar-refractivity contribution is 9.10. The van der Waals surface area contributed by atoms with Gasteiger partial charge in [0.1, 0.15) is 5.82 Å². The molecular formula is C18H20BrClN4O. The number of nitrogens with zero attached hydrogens (tertiary/aromatic N) is 3. The smallest absolute Gasteiger partial charge is 0.234 e. The third-order valence-electron chi connectivity index (χ3n) is 4.21. The van der Waals surface area contributed by atoms with Crippen LogP contribution in [0, 0.1) is 0 Å². The van der Waals surface area contributed by atoms with Crippen LogP contribution in [0.25, 0.3) is 0 Å². The number of pyridine rings is 1. The van der Waals surface area contributed by atoms with Crippen LogP contribution in [-0.2, 0) is 11.3 Å². The Morgan fingerprint density at radius 2 is 1.92 bits per heavy atom. The first-order valence-corrected chi connectivity index (χ1v) is 9.38. The Morgan fingerprint density at radius 3 is 2.60 bits per heavy atom. The number of carbonyl (C=O) groups excluding carboxylic acids is 1. The second-order valence-electron chi connectivity index (χ2n) is 5.97. The van der Waals surface area contributed by atoms with Crippen molar-refractivity contribution in [3.05, 3.63) is 57.7 Å². The molecule has 0 unspecified atom stereocenters.